The Hall–Kier alpha value is -3.45. The third-order valence-corrected chi connectivity index (χ3v) is 7.49. The first-order chi connectivity index (χ1) is 18.9. The quantitative estimate of drug-likeness (QED) is 0.310. The van der Waals surface area contributed by atoms with Crippen molar-refractivity contribution in [3.8, 4) is 17.0 Å². The summed E-state index contributed by atoms with van der Waals surface area (Å²) in [5.41, 5.74) is 4.29. The number of hydrogen-bond acceptors (Lipinski definition) is 6. The molecular weight excluding hydrogens is 502 g/mol. The van der Waals surface area contributed by atoms with E-state index >= 15 is 0 Å². The number of pyridine rings is 2. The van der Waals surface area contributed by atoms with Gasteiger partial charge < -0.3 is 19.5 Å². The van der Waals surface area contributed by atoms with E-state index in [9.17, 15) is 9.90 Å². The van der Waals surface area contributed by atoms with Crippen molar-refractivity contribution >= 4 is 11.7 Å². The van der Waals surface area contributed by atoms with E-state index in [0.717, 1.165) is 42.9 Å². The Morgan fingerprint density at radius 2 is 1.73 bits per heavy atom. The Kier molecular flexibility index (Phi) is 8.83. The lowest BCUT2D eigenvalue weighted by molar-refractivity contribution is -0.160. The second-order valence-electron chi connectivity index (χ2n) is 12.5. The van der Waals surface area contributed by atoms with Gasteiger partial charge in [0.25, 0.3) is 0 Å². The molecule has 4 rings (SSSR count). The molecule has 40 heavy (non-hydrogen) atoms. The zero-order valence-corrected chi connectivity index (χ0v) is 24.9. The highest BCUT2D eigenvalue weighted by Gasteiger charge is 2.37. The number of nitrogens with zero attached hydrogens (tertiary/aromatic N) is 3. The molecule has 1 atom stereocenters. The number of aliphatic carboxylic acids is 1. The molecule has 0 spiro atoms. The van der Waals surface area contributed by atoms with Crippen molar-refractivity contribution in [2.45, 2.75) is 78.4 Å². The largest absolute Gasteiger partial charge is 0.492 e. The maximum Gasteiger partial charge on any atom is 0.337 e. The highest BCUT2D eigenvalue weighted by atomic mass is 16.5. The molecule has 0 bridgehead atoms. The molecule has 3 heterocycles. The zero-order chi connectivity index (χ0) is 29.1. The number of anilines is 1. The summed E-state index contributed by atoms with van der Waals surface area (Å²) >= 11 is 0. The molecule has 7 nitrogen and oxygen atoms in total. The van der Waals surface area contributed by atoms with Crippen molar-refractivity contribution in [2.24, 2.45) is 5.92 Å². The topological polar surface area (TPSA) is 84.8 Å². The predicted molar refractivity (Wildman–Crippen MR) is 159 cm³/mol. The minimum atomic E-state index is -1.17. The van der Waals surface area contributed by atoms with Gasteiger partial charge in [0.2, 0.25) is 0 Å². The second-order valence-corrected chi connectivity index (χ2v) is 12.5. The summed E-state index contributed by atoms with van der Waals surface area (Å²) in [7, 11) is 0. The highest BCUT2D eigenvalue weighted by Crippen LogP contribution is 2.44. The van der Waals surface area contributed by atoms with Crippen LogP contribution in [-0.2, 0) is 14.9 Å². The molecule has 1 saturated heterocycles. The first-order valence-corrected chi connectivity index (χ1v) is 14.2. The number of carboxylic acids is 1. The molecule has 1 aliphatic rings. The minimum Gasteiger partial charge on any atom is -0.492 e. The van der Waals surface area contributed by atoms with Crippen LogP contribution >= 0.6 is 0 Å². The van der Waals surface area contributed by atoms with Crippen molar-refractivity contribution in [1.82, 2.24) is 9.97 Å². The van der Waals surface area contributed by atoms with Gasteiger partial charge in [-0.25, -0.2) is 4.79 Å². The molecule has 1 N–H and O–H groups in total. The van der Waals surface area contributed by atoms with Gasteiger partial charge in [-0.3, -0.25) is 9.97 Å². The summed E-state index contributed by atoms with van der Waals surface area (Å²) in [6.07, 6.45) is 4.24. The molecular formula is C33H43N3O4. The standard InChI is InChI=1S/C33H43N3O4/c1-22(2)21-39-25-13-14-27(35-19-25)26-20-34-23(3)28(30(31(37)38)40-32(4,5)6)29(26)36-17-15-33(7,16-18-36)24-11-9-8-10-12-24/h8-14,19-20,22,30H,15-18,21H2,1-7H3,(H,37,38)/t30-/m0/s1. The molecule has 0 unspecified atom stereocenters. The van der Waals surface area contributed by atoms with Crippen molar-refractivity contribution < 1.29 is 19.4 Å². The van der Waals surface area contributed by atoms with Gasteiger partial charge in [-0.2, -0.15) is 0 Å². The van der Waals surface area contributed by atoms with E-state index in [2.05, 4.69) is 54.9 Å². The number of benzene rings is 1. The van der Waals surface area contributed by atoms with Crippen LogP contribution in [0.5, 0.6) is 5.75 Å². The van der Waals surface area contributed by atoms with Gasteiger partial charge >= 0.3 is 5.97 Å². The molecule has 1 fully saturated rings. The lowest BCUT2D eigenvalue weighted by Crippen LogP contribution is -2.42. The van der Waals surface area contributed by atoms with E-state index in [-0.39, 0.29) is 5.41 Å². The first kappa shape index (κ1) is 29.5. The van der Waals surface area contributed by atoms with E-state index in [4.69, 9.17) is 14.5 Å². The van der Waals surface area contributed by atoms with Crippen molar-refractivity contribution in [3.05, 3.63) is 71.7 Å². The van der Waals surface area contributed by atoms with E-state index < -0.39 is 17.7 Å². The van der Waals surface area contributed by atoms with Gasteiger partial charge in [0.05, 0.1) is 29.8 Å². The van der Waals surface area contributed by atoms with Crippen LogP contribution in [0.2, 0.25) is 0 Å². The monoisotopic (exact) mass is 545 g/mol. The number of aromatic nitrogens is 2. The number of hydrogen-bond donors (Lipinski definition) is 1. The van der Waals surface area contributed by atoms with Crippen LogP contribution < -0.4 is 9.64 Å². The van der Waals surface area contributed by atoms with Gasteiger partial charge in [0, 0.05) is 36.1 Å². The molecule has 1 aliphatic heterocycles. The third-order valence-electron chi connectivity index (χ3n) is 7.49. The van der Waals surface area contributed by atoms with Crippen LogP contribution in [0.25, 0.3) is 11.3 Å². The SMILES string of the molecule is Cc1ncc(-c2ccc(OCC(C)C)cn2)c(N2CCC(C)(c3ccccc3)CC2)c1[C@H](OC(C)(C)C)C(=O)O. The highest BCUT2D eigenvalue weighted by molar-refractivity contribution is 5.85. The molecule has 0 amide bonds. The minimum absolute atomic E-state index is 0.0436. The van der Waals surface area contributed by atoms with Crippen molar-refractivity contribution in [3.63, 3.8) is 0 Å². The Balaban J connectivity index is 1.78. The number of ether oxygens (including phenoxy) is 2. The molecule has 7 heteroatoms. The van der Waals surface area contributed by atoms with Crippen LogP contribution in [-0.4, -0.2) is 46.3 Å². The summed E-state index contributed by atoms with van der Waals surface area (Å²) in [4.78, 5) is 24.4. The third kappa shape index (κ3) is 6.81. The van der Waals surface area contributed by atoms with Crippen molar-refractivity contribution in [1.29, 1.82) is 0 Å². The number of piperidine rings is 1. The average molecular weight is 546 g/mol. The number of rotatable bonds is 9. The van der Waals surface area contributed by atoms with E-state index in [1.807, 2.05) is 52.1 Å². The summed E-state index contributed by atoms with van der Waals surface area (Å²) in [5.74, 6) is 0.0803. The molecule has 1 aromatic carbocycles. The molecule has 214 valence electrons. The van der Waals surface area contributed by atoms with Crippen LogP contribution in [0.4, 0.5) is 5.69 Å². The fourth-order valence-electron chi connectivity index (χ4n) is 5.28. The number of carbonyl (C=O) groups is 1. The Labute approximate surface area is 238 Å². The van der Waals surface area contributed by atoms with E-state index in [1.165, 1.54) is 5.56 Å². The Morgan fingerprint density at radius 1 is 1.05 bits per heavy atom. The zero-order valence-electron chi connectivity index (χ0n) is 24.9. The lowest BCUT2D eigenvalue weighted by atomic mass is 9.74. The number of aryl methyl sites for hydroxylation is 1. The summed E-state index contributed by atoms with van der Waals surface area (Å²) in [5, 5.41) is 10.4. The van der Waals surface area contributed by atoms with Gasteiger partial charge in [-0.15, -0.1) is 0 Å². The van der Waals surface area contributed by atoms with Crippen LogP contribution in [0.3, 0.4) is 0 Å². The van der Waals surface area contributed by atoms with Gasteiger partial charge in [0.15, 0.2) is 6.10 Å². The predicted octanol–water partition coefficient (Wildman–Crippen LogP) is 6.99. The molecule has 3 aromatic rings. The normalized spacial score (nSPS) is 16.1. The molecule has 2 aromatic heterocycles. The second kappa shape index (κ2) is 12.0. The fourth-order valence-corrected chi connectivity index (χ4v) is 5.28. The first-order valence-electron chi connectivity index (χ1n) is 14.2. The van der Waals surface area contributed by atoms with Gasteiger partial charge in [0.1, 0.15) is 5.75 Å². The molecule has 0 aliphatic carbocycles. The summed E-state index contributed by atoms with van der Waals surface area (Å²) in [6.45, 7) is 16.2. The lowest BCUT2D eigenvalue weighted by Gasteiger charge is -2.42. The van der Waals surface area contributed by atoms with Crippen LogP contribution in [0.15, 0.2) is 54.9 Å². The molecule has 0 radical (unpaired) electrons. The maximum absolute atomic E-state index is 12.7. The van der Waals surface area contributed by atoms with Crippen molar-refractivity contribution in [2.75, 3.05) is 24.6 Å². The smallest absolute Gasteiger partial charge is 0.337 e. The fraction of sp³-hybridized carbons (Fsp3) is 0.485. The average Bonchev–Trinajstić information content (AvgIpc) is 2.91. The summed E-state index contributed by atoms with van der Waals surface area (Å²) < 4.78 is 12.0. The van der Waals surface area contributed by atoms with Crippen LogP contribution in [0, 0.1) is 12.8 Å². The molecule has 0 saturated carbocycles. The van der Waals surface area contributed by atoms with Crippen LogP contribution in [0.1, 0.15) is 77.3 Å². The Bertz CT molecular complexity index is 1290. The van der Waals surface area contributed by atoms with Gasteiger partial charge in [-0.05, 0) is 69.6 Å². The maximum atomic E-state index is 12.7. The number of carboxylic acid groups (broad SMARTS) is 1. The van der Waals surface area contributed by atoms with E-state index in [1.54, 1.807) is 6.20 Å². The summed E-state index contributed by atoms with van der Waals surface area (Å²) in [6, 6.07) is 14.5. The van der Waals surface area contributed by atoms with E-state index in [0.29, 0.717) is 29.5 Å². The van der Waals surface area contributed by atoms with Gasteiger partial charge in [-0.1, -0.05) is 51.1 Å². The Morgan fingerprint density at radius 3 is 2.27 bits per heavy atom.